The summed E-state index contributed by atoms with van der Waals surface area (Å²) in [5.74, 6) is -0.548. The Labute approximate surface area is 123 Å². The van der Waals surface area contributed by atoms with Crippen molar-refractivity contribution >= 4 is 12.0 Å². The summed E-state index contributed by atoms with van der Waals surface area (Å²) in [4.78, 5) is 26.5. The first-order valence-corrected chi connectivity index (χ1v) is 6.87. The van der Waals surface area contributed by atoms with Crippen LogP contribution in [0.2, 0.25) is 0 Å². The van der Waals surface area contributed by atoms with Crippen LogP contribution in [0.15, 0.2) is 24.3 Å². The number of urea groups is 1. The Morgan fingerprint density at radius 1 is 1.43 bits per heavy atom. The molecule has 0 bridgehead atoms. The molecule has 0 aromatic heterocycles. The third kappa shape index (κ3) is 3.45. The minimum Gasteiger partial charge on any atom is -0.496 e. The average molecular weight is 292 g/mol. The van der Waals surface area contributed by atoms with Crippen molar-refractivity contribution in [3.63, 3.8) is 0 Å². The molecule has 0 aliphatic carbocycles. The molecule has 1 heterocycles. The van der Waals surface area contributed by atoms with E-state index in [9.17, 15) is 9.59 Å². The Hall–Kier alpha value is -2.24. The SMILES string of the molecule is COc1ccccc1CN(C)C(=O)N1CCC(C(=O)O)C1. The van der Waals surface area contributed by atoms with Crippen LogP contribution in [0.25, 0.3) is 0 Å². The van der Waals surface area contributed by atoms with Gasteiger partial charge in [-0.15, -0.1) is 0 Å². The highest BCUT2D eigenvalue weighted by molar-refractivity contribution is 5.77. The summed E-state index contributed by atoms with van der Waals surface area (Å²) in [7, 11) is 3.31. The fraction of sp³-hybridized carbons (Fsp3) is 0.467. The number of para-hydroxylation sites is 1. The van der Waals surface area contributed by atoms with Gasteiger partial charge in [0.25, 0.3) is 0 Å². The number of hydrogen-bond acceptors (Lipinski definition) is 3. The number of aliphatic carboxylic acids is 1. The first-order chi connectivity index (χ1) is 10.0. The molecule has 114 valence electrons. The van der Waals surface area contributed by atoms with Crippen LogP contribution in [-0.4, -0.2) is 54.2 Å². The largest absolute Gasteiger partial charge is 0.496 e. The third-order valence-electron chi connectivity index (χ3n) is 3.73. The quantitative estimate of drug-likeness (QED) is 0.916. The molecule has 2 rings (SSSR count). The normalized spacial score (nSPS) is 17.6. The minimum absolute atomic E-state index is 0.148. The van der Waals surface area contributed by atoms with Gasteiger partial charge in [0, 0.05) is 25.7 Å². The molecule has 0 saturated carbocycles. The van der Waals surface area contributed by atoms with E-state index in [0.717, 1.165) is 11.3 Å². The van der Waals surface area contributed by atoms with Crippen molar-refractivity contribution in [3.8, 4) is 5.75 Å². The van der Waals surface area contributed by atoms with Gasteiger partial charge in [0.05, 0.1) is 19.6 Å². The van der Waals surface area contributed by atoms with Gasteiger partial charge in [-0.25, -0.2) is 4.79 Å². The molecule has 21 heavy (non-hydrogen) atoms. The average Bonchev–Trinajstić information content (AvgIpc) is 2.97. The second-order valence-electron chi connectivity index (χ2n) is 5.22. The summed E-state index contributed by atoms with van der Waals surface area (Å²) in [6, 6.07) is 7.38. The van der Waals surface area contributed by atoms with Gasteiger partial charge < -0.3 is 19.6 Å². The van der Waals surface area contributed by atoms with Gasteiger partial charge in [0.15, 0.2) is 0 Å². The summed E-state index contributed by atoms with van der Waals surface area (Å²) in [5, 5.41) is 8.99. The van der Waals surface area contributed by atoms with E-state index in [-0.39, 0.29) is 12.6 Å². The maximum Gasteiger partial charge on any atom is 0.320 e. The molecule has 1 fully saturated rings. The number of amides is 2. The maximum atomic E-state index is 12.3. The number of ether oxygens (including phenoxy) is 1. The summed E-state index contributed by atoms with van der Waals surface area (Å²) >= 11 is 0. The van der Waals surface area contributed by atoms with Crippen molar-refractivity contribution < 1.29 is 19.4 Å². The first-order valence-electron chi connectivity index (χ1n) is 6.87. The lowest BCUT2D eigenvalue weighted by Gasteiger charge is -2.25. The number of benzene rings is 1. The number of carboxylic acid groups (broad SMARTS) is 1. The van der Waals surface area contributed by atoms with E-state index in [0.29, 0.717) is 19.5 Å². The van der Waals surface area contributed by atoms with Crippen LogP contribution in [0.1, 0.15) is 12.0 Å². The van der Waals surface area contributed by atoms with Crippen molar-refractivity contribution in [1.29, 1.82) is 0 Å². The van der Waals surface area contributed by atoms with Gasteiger partial charge in [0.1, 0.15) is 5.75 Å². The molecule has 1 aromatic rings. The molecule has 1 atom stereocenters. The van der Waals surface area contributed by atoms with Gasteiger partial charge in [0.2, 0.25) is 0 Å². The highest BCUT2D eigenvalue weighted by Crippen LogP contribution is 2.21. The lowest BCUT2D eigenvalue weighted by atomic mass is 10.1. The van der Waals surface area contributed by atoms with Crippen LogP contribution in [0.5, 0.6) is 5.75 Å². The molecule has 1 aliphatic heterocycles. The van der Waals surface area contributed by atoms with Crippen molar-refractivity contribution in [2.45, 2.75) is 13.0 Å². The fourth-order valence-electron chi connectivity index (χ4n) is 2.53. The van der Waals surface area contributed by atoms with Gasteiger partial charge in [-0.1, -0.05) is 18.2 Å². The second-order valence-corrected chi connectivity index (χ2v) is 5.22. The van der Waals surface area contributed by atoms with E-state index >= 15 is 0 Å². The number of carbonyl (C=O) groups is 2. The molecular formula is C15H20N2O4. The van der Waals surface area contributed by atoms with E-state index in [1.165, 1.54) is 0 Å². The molecule has 1 aromatic carbocycles. The second kappa shape index (κ2) is 6.47. The smallest absolute Gasteiger partial charge is 0.320 e. The molecule has 2 amide bonds. The van der Waals surface area contributed by atoms with Crippen LogP contribution >= 0.6 is 0 Å². The van der Waals surface area contributed by atoms with E-state index in [1.807, 2.05) is 24.3 Å². The molecule has 6 heteroatoms. The van der Waals surface area contributed by atoms with Crippen molar-refractivity contribution in [2.75, 3.05) is 27.2 Å². The van der Waals surface area contributed by atoms with Crippen LogP contribution in [0.3, 0.4) is 0 Å². The van der Waals surface area contributed by atoms with Crippen LogP contribution in [0.4, 0.5) is 4.79 Å². The maximum absolute atomic E-state index is 12.3. The third-order valence-corrected chi connectivity index (χ3v) is 3.73. The Morgan fingerprint density at radius 2 is 2.14 bits per heavy atom. The zero-order valence-electron chi connectivity index (χ0n) is 12.3. The van der Waals surface area contributed by atoms with E-state index in [1.54, 1.807) is 24.0 Å². The number of carbonyl (C=O) groups excluding carboxylic acids is 1. The number of rotatable bonds is 4. The molecular weight excluding hydrogens is 272 g/mol. The predicted molar refractivity (Wildman–Crippen MR) is 77.2 cm³/mol. The summed E-state index contributed by atoms with van der Waals surface area (Å²) in [6.45, 7) is 1.20. The molecule has 1 N–H and O–H groups in total. The summed E-state index contributed by atoms with van der Waals surface area (Å²) in [5.41, 5.74) is 0.921. The molecule has 0 spiro atoms. The van der Waals surface area contributed by atoms with Crippen molar-refractivity contribution in [1.82, 2.24) is 9.80 Å². The zero-order valence-corrected chi connectivity index (χ0v) is 12.3. The highest BCUT2D eigenvalue weighted by Gasteiger charge is 2.32. The van der Waals surface area contributed by atoms with E-state index < -0.39 is 11.9 Å². The van der Waals surface area contributed by atoms with Gasteiger partial charge in [-0.3, -0.25) is 4.79 Å². The van der Waals surface area contributed by atoms with Gasteiger partial charge in [-0.2, -0.15) is 0 Å². The van der Waals surface area contributed by atoms with Crippen LogP contribution in [-0.2, 0) is 11.3 Å². The van der Waals surface area contributed by atoms with Gasteiger partial charge in [-0.05, 0) is 12.5 Å². The zero-order chi connectivity index (χ0) is 15.4. The van der Waals surface area contributed by atoms with Crippen molar-refractivity contribution in [2.24, 2.45) is 5.92 Å². The Bertz CT molecular complexity index is 532. The standard InChI is InChI=1S/C15H20N2O4/c1-16(9-11-5-3-4-6-13(11)21-2)15(20)17-8-7-12(10-17)14(18)19/h3-6,12H,7-10H2,1-2H3,(H,18,19). The van der Waals surface area contributed by atoms with Crippen molar-refractivity contribution in [3.05, 3.63) is 29.8 Å². The monoisotopic (exact) mass is 292 g/mol. The summed E-state index contributed by atoms with van der Waals surface area (Å²) < 4.78 is 5.27. The Kier molecular flexibility index (Phi) is 4.67. The number of carboxylic acids is 1. The molecule has 6 nitrogen and oxygen atoms in total. The van der Waals surface area contributed by atoms with Crippen LogP contribution in [0, 0.1) is 5.92 Å². The predicted octanol–water partition coefficient (Wildman–Crippen LogP) is 1.65. The molecule has 1 aliphatic rings. The fourth-order valence-corrected chi connectivity index (χ4v) is 2.53. The minimum atomic E-state index is -0.835. The first kappa shape index (κ1) is 15.2. The molecule has 1 unspecified atom stereocenters. The Morgan fingerprint density at radius 3 is 2.76 bits per heavy atom. The van der Waals surface area contributed by atoms with Crippen LogP contribution < -0.4 is 4.74 Å². The topological polar surface area (TPSA) is 70.1 Å². The molecule has 0 radical (unpaired) electrons. The number of nitrogens with zero attached hydrogens (tertiary/aromatic N) is 2. The number of hydrogen-bond donors (Lipinski definition) is 1. The lowest BCUT2D eigenvalue weighted by molar-refractivity contribution is -0.141. The summed E-state index contributed by atoms with van der Waals surface area (Å²) in [6.07, 6.45) is 0.517. The number of likely N-dealkylation sites (tertiary alicyclic amines) is 1. The highest BCUT2D eigenvalue weighted by atomic mass is 16.5. The van der Waals surface area contributed by atoms with E-state index in [2.05, 4.69) is 0 Å². The van der Waals surface area contributed by atoms with E-state index in [4.69, 9.17) is 9.84 Å². The number of methoxy groups -OCH3 is 1. The lowest BCUT2D eigenvalue weighted by Crippen LogP contribution is -2.39. The molecule has 1 saturated heterocycles. The van der Waals surface area contributed by atoms with Gasteiger partial charge >= 0.3 is 12.0 Å². The Balaban J connectivity index is 1.99.